The number of piperazine rings is 1. The van der Waals surface area contributed by atoms with Gasteiger partial charge < -0.3 is 20.1 Å². The molecule has 31 heavy (non-hydrogen) atoms. The summed E-state index contributed by atoms with van der Waals surface area (Å²) >= 11 is 0. The predicted molar refractivity (Wildman–Crippen MR) is 121 cm³/mol. The molecule has 8 heteroatoms. The lowest BCUT2D eigenvalue weighted by Gasteiger charge is -2.40. The molecule has 4 heterocycles. The van der Waals surface area contributed by atoms with Crippen molar-refractivity contribution in [3.63, 3.8) is 0 Å². The number of aromatic amines is 1. The maximum atomic E-state index is 12.8. The van der Waals surface area contributed by atoms with Gasteiger partial charge in [0.1, 0.15) is 17.8 Å². The van der Waals surface area contributed by atoms with Crippen molar-refractivity contribution in [2.45, 2.75) is 13.0 Å². The number of benzene rings is 1. The van der Waals surface area contributed by atoms with Crippen molar-refractivity contribution in [1.82, 2.24) is 24.8 Å². The summed E-state index contributed by atoms with van der Waals surface area (Å²) in [4.78, 5) is 33.3. The van der Waals surface area contributed by atoms with Crippen LogP contribution in [0.4, 0.5) is 16.3 Å². The minimum Gasteiger partial charge on any atom is -0.352 e. The second-order valence-electron chi connectivity index (χ2n) is 7.66. The van der Waals surface area contributed by atoms with E-state index < -0.39 is 0 Å². The number of amides is 2. The number of H-pyrrole nitrogens is 1. The van der Waals surface area contributed by atoms with Crippen LogP contribution in [0.2, 0.25) is 0 Å². The molecule has 5 rings (SSSR count). The van der Waals surface area contributed by atoms with E-state index in [2.05, 4.69) is 43.1 Å². The number of rotatable bonds is 3. The highest BCUT2D eigenvalue weighted by atomic mass is 16.2. The Morgan fingerprint density at radius 3 is 2.68 bits per heavy atom. The van der Waals surface area contributed by atoms with E-state index in [4.69, 9.17) is 0 Å². The predicted octanol–water partition coefficient (Wildman–Crippen LogP) is 3.76. The molecule has 1 aliphatic rings. The first kappa shape index (κ1) is 19.0. The first-order valence-corrected chi connectivity index (χ1v) is 10.3. The molecule has 1 atom stereocenters. The van der Waals surface area contributed by atoms with Crippen LogP contribution in [0.25, 0.3) is 22.3 Å². The Labute approximate surface area is 180 Å². The number of para-hydroxylation sites is 1. The normalized spacial score (nSPS) is 16.5. The molecule has 3 aromatic heterocycles. The van der Waals surface area contributed by atoms with Crippen LogP contribution < -0.4 is 10.2 Å². The highest BCUT2D eigenvalue weighted by Crippen LogP contribution is 2.29. The average molecular weight is 413 g/mol. The zero-order valence-corrected chi connectivity index (χ0v) is 17.2. The molecule has 0 aliphatic carbocycles. The monoisotopic (exact) mass is 413 g/mol. The fraction of sp³-hybridized carbons (Fsp3) is 0.217. The van der Waals surface area contributed by atoms with Crippen LogP contribution in [0.15, 0.2) is 67.3 Å². The summed E-state index contributed by atoms with van der Waals surface area (Å²) in [6.07, 6.45) is 5.13. The van der Waals surface area contributed by atoms with E-state index in [0.717, 1.165) is 33.8 Å². The van der Waals surface area contributed by atoms with Gasteiger partial charge in [-0.25, -0.2) is 14.8 Å². The van der Waals surface area contributed by atoms with E-state index in [-0.39, 0.29) is 12.1 Å². The maximum absolute atomic E-state index is 12.8. The Kier molecular flexibility index (Phi) is 4.95. The lowest BCUT2D eigenvalue weighted by atomic mass is 10.1. The molecule has 2 amide bonds. The number of fused-ring (bicyclic) bond motifs is 1. The van der Waals surface area contributed by atoms with Crippen molar-refractivity contribution in [3.8, 4) is 11.3 Å². The fourth-order valence-corrected chi connectivity index (χ4v) is 4.03. The van der Waals surface area contributed by atoms with Crippen molar-refractivity contribution in [2.75, 3.05) is 29.9 Å². The number of nitrogens with one attached hydrogen (secondary N) is 2. The number of anilines is 2. The van der Waals surface area contributed by atoms with Crippen molar-refractivity contribution < 1.29 is 4.79 Å². The Bertz CT molecular complexity index is 1190. The zero-order chi connectivity index (χ0) is 21.2. The molecule has 4 aromatic rings. The standard InChI is InChI=1S/C23H23N7O/c1-16-14-29(11-12-30(16)23(31)27-18-5-3-2-4-6-18)22-19-13-20(17-7-9-24-10-8-17)28-21(19)25-15-26-22/h2-10,13,15-16H,11-12,14H2,1H3,(H,27,31)(H,25,26,28)/t16-/m1/s1. The van der Waals surface area contributed by atoms with E-state index in [1.807, 2.05) is 47.4 Å². The van der Waals surface area contributed by atoms with E-state index in [1.165, 1.54) is 0 Å². The SMILES string of the molecule is C[C@@H]1CN(c2ncnc3[nH]c(-c4ccncc4)cc23)CCN1C(=O)Nc1ccccc1. The Hall–Kier alpha value is -3.94. The van der Waals surface area contributed by atoms with Crippen LogP contribution in [0, 0.1) is 0 Å². The van der Waals surface area contributed by atoms with Gasteiger partial charge in [0.05, 0.1) is 5.39 Å². The van der Waals surface area contributed by atoms with E-state index in [0.29, 0.717) is 19.6 Å². The lowest BCUT2D eigenvalue weighted by Crippen LogP contribution is -2.55. The van der Waals surface area contributed by atoms with Crippen molar-refractivity contribution in [3.05, 3.63) is 67.3 Å². The number of hydrogen-bond acceptors (Lipinski definition) is 5. The van der Waals surface area contributed by atoms with Crippen molar-refractivity contribution in [2.24, 2.45) is 0 Å². The highest BCUT2D eigenvalue weighted by Gasteiger charge is 2.29. The summed E-state index contributed by atoms with van der Waals surface area (Å²) in [6, 6.07) is 15.5. The molecule has 1 aliphatic heterocycles. The van der Waals surface area contributed by atoms with Gasteiger partial charge in [0.15, 0.2) is 0 Å². The lowest BCUT2D eigenvalue weighted by molar-refractivity contribution is 0.184. The number of nitrogens with zero attached hydrogens (tertiary/aromatic N) is 5. The van der Waals surface area contributed by atoms with Gasteiger partial charge >= 0.3 is 6.03 Å². The largest absolute Gasteiger partial charge is 0.352 e. The second kappa shape index (κ2) is 8.06. The third-order valence-electron chi connectivity index (χ3n) is 5.61. The van der Waals surface area contributed by atoms with Gasteiger partial charge in [-0.05, 0) is 37.3 Å². The highest BCUT2D eigenvalue weighted by molar-refractivity contribution is 5.92. The molecule has 0 saturated carbocycles. The molecule has 1 saturated heterocycles. The van der Waals surface area contributed by atoms with Crippen LogP contribution in [-0.4, -0.2) is 56.5 Å². The van der Waals surface area contributed by atoms with Crippen LogP contribution in [-0.2, 0) is 0 Å². The van der Waals surface area contributed by atoms with Gasteiger partial charge in [-0.15, -0.1) is 0 Å². The molecule has 2 N–H and O–H groups in total. The summed E-state index contributed by atoms with van der Waals surface area (Å²) in [5.41, 5.74) is 3.63. The van der Waals surface area contributed by atoms with Gasteiger partial charge in [0.2, 0.25) is 0 Å². The Morgan fingerprint density at radius 2 is 1.90 bits per heavy atom. The number of hydrogen-bond donors (Lipinski definition) is 2. The molecule has 0 spiro atoms. The summed E-state index contributed by atoms with van der Waals surface area (Å²) in [5, 5.41) is 3.96. The van der Waals surface area contributed by atoms with Crippen LogP contribution >= 0.6 is 0 Å². The van der Waals surface area contributed by atoms with Crippen molar-refractivity contribution in [1.29, 1.82) is 0 Å². The van der Waals surface area contributed by atoms with Gasteiger partial charge in [-0.3, -0.25) is 4.98 Å². The molecular weight excluding hydrogens is 390 g/mol. The molecule has 0 bridgehead atoms. The summed E-state index contributed by atoms with van der Waals surface area (Å²) in [6.45, 7) is 4.08. The fourth-order valence-electron chi connectivity index (χ4n) is 4.03. The number of carbonyl (C=O) groups excluding carboxylic acids is 1. The third-order valence-corrected chi connectivity index (χ3v) is 5.61. The van der Waals surface area contributed by atoms with E-state index in [1.54, 1.807) is 18.7 Å². The topological polar surface area (TPSA) is 90.0 Å². The molecule has 0 unspecified atom stereocenters. The third kappa shape index (κ3) is 3.79. The smallest absolute Gasteiger partial charge is 0.322 e. The molecule has 156 valence electrons. The number of urea groups is 1. The number of carbonyl (C=O) groups is 1. The van der Waals surface area contributed by atoms with E-state index >= 15 is 0 Å². The molecule has 0 radical (unpaired) electrons. The van der Waals surface area contributed by atoms with Gasteiger partial charge in [-0.1, -0.05) is 18.2 Å². The molecule has 8 nitrogen and oxygen atoms in total. The van der Waals surface area contributed by atoms with Gasteiger partial charge in [-0.2, -0.15) is 0 Å². The van der Waals surface area contributed by atoms with Crippen LogP contribution in [0.3, 0.4) is 0 Å². The average Bonchev–Trinajstić information content (AvgIpc) is 3.25. The van der Waals surface area contributed by atoms with Crippen LogP contribution in [0.5, 0.6) is 0 Å². The maximum Gasteiger partial charge on any atom is 0.322 e. The molecule has 1 aromatic carbocycles. The summed E-state index contributed by atoms with van der Waals surface area (Å²) in [7, 11) is 0. The Balaban J connectivity index is 1.35. The minimum atomic E-state index is -0.0761. The zero-order valence-electron chi connectivity index (χ0n) is 17.2. The first-order valence-electron chi connectivity index (χ1n) is 10.3. The second-order valence-corrected chi connectivity index (χ2v) is 7.66. The minimum absolute atomic E-state index is 0.0427. The van der Waals surface area contributed by atoms with Crippen molar-refractivity contribution >= 4 is 28.6 Å². The number of aromatic nitrogens is 4. The summed E-state index contributed by atoms with van der Waals surface area (Å²) < 4.78 is 0. The van der Waals surface area contributed by atoms with E-state index in [9.17, 15) is 4.79 Å². The Morgan fingerprint density at radius 1 is 1.10 bits per heavy atom. The first-order chi connectivity index (χ1) is 15.2. The van der Waals surface area contributed by atoms with Gasteiger partial charge in [0, 0.05) is 55.0 Å². The van der Waals surface area contributed by atoms with Crippen LogP contribution in [0.1, 0.15) is 6.92 Å². The number of pyridine rings is 1. The molecular formula is C23H23N7O. The summed E-state index contributed by atoms with van der Waals surface area (Å²) in [5.74, 6) is 0.886. The quantitative estimate of drug-likeness (QED) is 0.534. The molecule has 1 fully saturated rings. The van der Waals surface area contributed by atoms with Gasteiger partial charge in [0.25, 0.3) is 0 Å².